The predicted molar refractivity (Wildman–Crippen MR) is 143 cm³/mol. The van der Waals surface area contributed by atoms with Crippen LogP contribution in [-0.2, 0) is 0 Å². The van der Waals surface area contributed by atoms with Gasteiger partial charge in [0.25, 0.3) is 11.5 Å². The van der Waals surface area contributed by atoms with E-state index in [9.17, 15) is 14.0 Å². The highest BCUT2D eigenvalue weighted by molar-refractivity contribution is 7.13. The zero-order chi connectivity index (χ0) is 26.9. The first-order valence-electron chi connectivity index (χ1n) is 11.6. The molecule has 0 aliphatic heterocycles. The number of aromatic nitrogens is 4. The normalized spacial score (nSPS) is 11.0. The second-order valence-corrected chi connectivity index (χ2v) is 9.28. The van der Waals surface area contributed by atoms with Gasteiger partial charge in [-0.05, 0) is 60.7 Å². The second-order valence-electron chi connectivity index (χ2n) is 8.39. The topological polar surface area (TPSA) is 90.5 Å². The van der Waals surface area contributed by atoms with Crippen molar-refractivity contribution in [2.24, 2.45) is 0 Å². The van der Waals surface area contributed by atoms with Gasteiger partial charge in [0.05, 0.1) is 16.6 Å². The van der Waals surface area contributed by atoms with E-state index in [1.165, 1.54) is 70.6 Å². The molecule has 1 N–H and O–H groups in total. The lowest BCUT2D eigenvalue weighted by Gasteiger charge is -2.12. The molecule has 0 fully saturated rings. The van der Waals surface area contributed by atoms with Crippen LogP contribution in [0, 0.1) is 11.6 Å². The number of pyridine rings is 2. The van der Waals surface area contributed by atoms with E-state index in [2.05, 4.69) is 15.4 Å². The number of nitrogens with zero attached hydrogens (tertiary/aromatic N) is 4. The van der Waals surface area contributed by atoms with E-state index in [-0.39, 0.29) is 17.0 Å². The van der Waals surface area contributed by atoms with Crippen LogP contribution in [0.25, 0.3) is 21.6 Å². The third-order valence-electron chi connectivity index (χ3n) is 5.89. The number of amides is 1. The molecule has 2 aromatic carbocycles. The molecule has 6 rings (SSSR count). The minimum Gasteiger partial charge on any atom is -0.452 e. The summed E-state index contributed by atoms with van der Waals surface area (Å²) in [6, 6.07) is 15.7. The number of rotatable bonds is 6. The lowest BCUT2D eigenvalue weighted by molar-refractivity contribution is 0.102. The predicted octanol–water partition coefficient (Wildman–Crippen LogP) is 5.93. The van der Waals surface area contributed by atoms with E-state index in [0.29, 0.717) is 17.0 Å². The smallest absolute Gasteiger partial charge is 0.267 e. The molecule has 4 aromatic heterocycles. The number of nitrogens with one attached hydrogen (secondary N) is 1. The third-order valence-corrected chi connectivity index (χ3v) is 6.72. The maximum absolute atomic E-state index is 15.1. The average molecular weight is 542 g/mol. The van der Waals surface area contributed by atoms with Gasteiger partial charge in [-0.25, -0.2) is 13.3 Å². The Bertz CT molecular complexity index is 1880. The molecule has 0 bridgehead atoms. The van der Waals surface area contributed by atoms with Gasteiger partial charge >= 0.3 is 0 Å². The summed E-state index contributed by atoms with van der Waals surface area (Å²) in [5.74, 6) is -1.55. The van der Waals surface area contributed by atoms with Crippen molar-refractivity contribution in [3.05, 3.63) is 125 Å². The van der Waals surface area contributed by atoms with Crippen LogP contribution >= 0.6 is 11.3 Å². The number of hydrogen-bond donors (Lipinski definition) is 1. The van der Waals surface area contributed by atoms with Crippen LogP contribution in [0.2, 0.25) is 0 Å². The number of anilines is 1. The summed E-state index contributed by atoms with van der Waals surface area (Å²) >= 11 is 1.45. The average Bonchev–Trinajstić information content (AvgIpc) is 3.63. The molecule has 8 nitrogen and oxygen atoms in total. The highest BCUT2D eigenvalue weighted by atomic mass is 32.1. The lowest BCUT2D eigenvalue weighted by atomic mass is 10.2. The number of ether oxygens (including phenoxy) is 1. The van der Waals surface area contributed by atoms with Crippen molar-refractivity contribution in [1.29, 1.82) is 0 Å². The van der Waals surface area contributed by atoms with Crippen molar-refractivity contribution in [3.63, 3.8) is 0 Å². The summed E-state index contributed by atoms with van der Waals surface area (Å²) in [4.78, 5) is 30.8. The Kier molecular flexibility index (Phi) is 6.17. The van der Waals surface area contributed by atoms with Gasteiger partial charge in [0.1, 0.15) is 16.9 Å². The van der Waals surface area contributed by atoms with Crippen LogP contribution in [0.3, 0.4) is 0 Å². The maximum Gasteiger partial charge on any atom is 0.267 e. The Hall–Kier alpha value is -5.16. The number of carbonyl (C=O) groups excluding carboxylic acids is 1. The first-order chi connectivity index (χ1) is 19.0. The molecule has 192 valence electrons. The van der Waals surface area contributed by atoms with Gasteiger partial charge in [-0.2, -0.15) is 5.10 Å². The SMILES string of the molecule is O=C(Nc1ccc(Oc2cc(-c3cncs3)cn3nccc23)c(F)c1)c1cccn(-c2ccc(F)cc2)c1=O. The largest absolute Gasteiger partial charge is 0.452 e. The highest BCUT2D eigenvalue weighted by Gasteiger charge is 2.16. The summed E-state index contributed by atoms with van der Waals surface area (Å²) < 4.78 is 37.1. The summed E-state index contributed by atoms with van der Waals surface area (Å²) in [6.07, 6.45) is 6.64. The Morgan fingerprint density at radius 2 is 1.85 bits per heavy atom. The summed E-state index contributed by atoms with van der Waals surface area (Å²) in [5, 5.41) is 6.81. The van der Waals surface area contributed by atoms with Crippen LogP contribution in [0.4, 0.5) is 14.5 Å². The molecular formula is C28H17F2N5O3S. The minimum absolute atomic E-state index is 0.0593. The molecule has 0 aliphatic carbocycles. The summed E-state index contributed by atoms with van der Waals surface area (Å²) in [6.45, 7) is 0. The molecule has 0 radical (unpaired) electrons. The number of thiazole rings is 1. The molecule has 0 atom stereocenters. The van der Waals surface area contributed by atoms with Crippen LogP contribution in [-0.4, -0.2) is 25.1 Å². The lowest BCUT2D eigenvalue weighted by Crippen LogP contribution is -2.27. The monoisotopic (exact) mass is 541 g/mol. The quantitative estimate of drug-likeness (QED) is 0.282. The molecule has 4 heterocycles. The van der Waals surface area contributed by atoms with Gasteiger partial charge in [0.2, 0.25) is 0 Å². The molecule has 0 unspecified atom stereocenters. The number of carbonyl (C=O) groups is 1. The first-order valence-corrected chi connectivity index (χ1v) is 12.5. The standard InChI is InChI=1S/C28H17F2N5O3S/c29-18-3-6-20(7-4-18)34-11-1-2-21(28(34)37)27(36)33-19-5-8-24(22(30)13-19)38-25-12-17(26-14-31-16-39-26)15-35-23(25)9-10-32-35/h1-16H,(H,33,36). The van der Waals surface area contributed by atoms with Crippen LogP contribution in [0.15, 0.2) is 102 Å². The zero-order valence-corrected chi connectivity index (χ0v) is 20.7. The van der Waals surface area contributed by atoms with E-state index in [1.807, 2.05) is 6.20 Å². The van der Waals surface area contributed by atoms with Gasteiger partial charge in [-0.3, -0.25) is 19.1 Å². The number of hydrogen-bond acceptors (Lipinski definition) is 6. The fourth-order valence-corrected chi connectivity index (χ4v) is 4.63. The maximum atomic E-state index is 15.1. The molecular weight excluding hydrogens is 524 g/mol. The molecule has 0 saturated heterocycles. The highest BCUT2D eigenvalue weighted by Crippen LogP contribution is 2.34. The van der Waals surface area contributed by atoms with Crippen molar-refractivity contribution in [2.45, 2.75) is 0 Å². The molecule has 0 spiro atoms. The Morgan fingerprint density at radius 1 is 1.00 bits per heavy atom. The van der Waals surface area contributed by atoms with Crippen LogP contribution in [0.5, 0.6) is 11.5 Å². The third kappa shape index (κ3) is 4.78. The Morgan fingerprint density at radius 3 is 2.62 bits per heavy atom. The molecule has 6 aromatic rings. The molecule has 11 heteroatoms. The van der Waals surface area contributed by atoms with Gasteiger partial charge in [-0.15, -0.1) is 11.3 Å². The van der Waals surface area contributed by atoms with Gasteiger partial charge in [-0.1, -0.05) is 0 Å². The van der Waals surface area contributed by atoms with Crippen molar-refractivity contribution in [2.75, 3.05) is 5.32 Å². The van der Waals surface area contributed by atoms with Crippen molar-refractivity contribution in [1.82, 2.24) is 19.2 Å². The number of fused-ring (bicyclic) bond motifs is 1. The van der Waals surface area contributed by atoms with Gasteiger partial charge < -0.3 is 10.1 Å². The van der Waals surface area contributed by atoms with Gasteiger partial charge in [0, 0.05) is 41.6 Å². The van der Waals surface area contributed by atoms with Gasteiger partial charge in [0.15, 0.2) is 17.3 Å². The minimum atomic E-state index is -0.720. The zero-order valence-electron chi connectivity index (χ0n) is 19.9. The fourth-order valence-electron chi connectivity index (χ4n) is 4.02. The second kappa shape index (κ2) is 9.95. The number of benzene rings is 2. The molecule has 1 amide bonds. The summed E-state index contributed by atoms with van der Waals surface area (Å²) in [5.41, 5.74) is 2.93. The fraction of sp³-hybridized carbons (Fsp3) is 0. The van der Waals surface area contributed by atoms with Crippen LogP contribution < -0.4 is 15.6 Å². The van der Waals surface area contributed by atoms with Crippen molar-refractivity contribution >= 4 is 28.4 Å². The molecule has 39 heavy (non-hydrogen) atoms. The van der Waals surface area contributed by atoms with Crippen molar-refractivity contribution < 1.29 is 18.3 Å². The van der Waals surface area contributed by atoms with E-state index in [1.54, 1.807) is 34.6 Å². The Balaban J connectivity index is 1.25. The first kappa shape index (κ1) is 24.2. The van der Waals surface area contributed by atoms with Crippen molar-refractivity contribution in [3.8, 4) is 27.6 Å². The van der Waals surface area contributed by atoms with E-state index < -0.39 is 23.1 Å². The molecule has 0 aliphatic rings. The van der Waals surface area contributed by atoms with E-state index in [0.717, 1.165) is 16.5 Å². The molecule has 0 saturated carbocycles. The number of halogens is 2. The Labute approximate surface area is 223 Å². The summed E-state index contributed by atoms with van der Waals surface area (Å²) in [7, 11) is 0. The van der Waals surface area contributed by atoms with Crippen LogP contribution in [0.1, 0.15) is 10.4 Å². The van der Waals surface area contributed by atoms with E-state index in [4.69, 9.17) is 4.74 Å². The van der Waals surface area contributed by atoms with E-state index >= 15 is 4.39 Å².